The molecule has 42 heavy (non-hydrogen) atoms. The lowest BCUT2D eigenvalue weighted by Crippen LogP contribution is -2.48. The first-order valence-corrected chi connectivity index (χ1v) is 15.1. The summed E-state index contributed by atoms with van der Waals surface area (Å²) in [5.41, 5.74) is 2.66. The molecule has 1 aliphatic carbocycles. The van der Waals surface area contributed by atoms with Crippen molar-refractivity contribution in [3.63, 3.8) is 0 Å². The highest BCUT2D eigenvalue weighted by Crippen LogP contribution is 2.57. The molecule has 0 saturated carbocycles. The van der Waals surface area contributed by atoms with Gasteiger partial charge in [0, 0.05) is 30.1 Å². The normalized spacial score (nSPS) is 34.9. The topological polar surface area (TPSA) is 117 Å². The Morgan fingerprint density at radius 1 is 1.19 bits per heavy atom. The number of ether oxygens (including phenoxy) is 3. The van der Waals surface area contributed by atoms with Crippen molar-refractivity contribution in [3.8, 4) is 6.07 Å². The lowest BCUT2D eigenvalue weighted by Gasteiger charge is -2.43. The Balaban J connectivity index is 1.32. The van der Waals surface area contributed by atoms with E-state index in [0.29, 0.717) is 17.7 Å². The third-order valence-electron chi connectivity index (χ3n) is 9.15. The monoisotopic (exact) mass is 575 g/mol. The molecule has 0 aromatic heterocycles. The fourth-order valence-electron chi connectivity index (χ4n) is 6.97. The van der Waals surface area contributed by atoms with Crippen LogP contribution >= 0.6 is 0 Å². The second-order valence-electron chi connectivity index (χ2n) is 14.0. The van der Waals surface area contributed by atoms with Crippen LogP contribution in [0.3, 0.4) is 0 Å². The van der Waals surface area contributed by atoms with Crippen molar-refractivity contribution in [1.82, 2.24) is 10.6 Å². The van der Waals surface area contributed by atoms with Crippen LogP contribution in [0.5, 0.6) is 0 Å². The summed E-state index contributed by atoms with van der Waals surface area (Å²) in [6, 6.07) is 1.95. The van der Waals surface area contributed by atoms with E-state index in [1.807, 2.05) is 26.0 Å². The molecule has 0 unspecified atom stereocenters. The average Bonchev–Trinajstić information content (AvgIpc) is 3.34. The van der Waals surface area contributed by atoms with E-state index in [0.717, 1.165) is 37.8 Å². The van der Waals surface area contributed by atoms with Crippen molar-refractivity contribution in [2.24, 2.45) is 21.3 Å². The first-order chi connectivity index (χ1) is 19.7. The highest BCUT2D eigenvalue weighted by molar-refractivity contribution is 6.40. The maximum atomic E-state index is 12.8. The van der Waals surface area contributed by atoms with Crippen molar-refractivity contribution >= 4 is 17.3 Å². The summed E-state index contributed by atoms with van der Waals surface area (Å²) in [5, 5.41) is 14.8. The Labute approximate surface area is 249 Å². The van der Waals surface area contributed by atoms with Gasteiger partial charge in [0.1, 0.15) is 24.0 Å². The number of hydrogen-bond acceptors (Lipinski definition) is 8. The van der Waals surface area contributed by atoms with Gasteiger partial charge in [-0.1, -0.05) is 32.1 Å². The molecule has 0 aromatic carbocycles. The molecule has 226 valence electrons. The molecular weight excluding hydrogens is 530 g/mol. The maximum Gasteiger partial charge on any atom is 0.271 e. The number of nitrogens with zero attached hydrogens (tertiary/aromatic N) is 3. The van der Waals surface area contributed by atoms with E-state index < -0.39 is 22.9 Å². The van der Waals surface area contributed by atoms with Gasteiger partial charge in [0.25, 0.3) is 5.91 Å². The third-order valence-corrected chi connectivity index (χ3v) is 9.15. The largest absolute Gasteiger partial charge is 0.383 e. The quantitative estimate of drug-likeness (QED) is 0.238. The van der Waals surface area contributed by atoms with Crippen LogP contribution in [0.1, 0.15) is 80.1 Å². The van der Waals surface area contributed by atoms with Gasteiger partial charge in [-0.15, -0.1) is 0 Å². The minimum absolute atomic E-state index is 0.129. The van der Waals surface area contributed by atoms with Crippen LogP contribution in [0.25, 0.3) is 0 Å². The van der Waals surface area contributed by atoms with Gasteiger partial charge in [0.2, 0.25) is 0 Å². The molecule has 0 radical (unpaired) electrons. The summed E-state index contributed by atoms with van der Waals surface area (Å²) in [7, 11) is 0. The van der Waals surface area contributed by atoms with E-state index in [1.165, 1.54) is 18.2 Å². The van der Waals surface area contributed by atoms with Crippen molar-refractivity contribution < 1.29 is 19.0 Å². The van der Waals surface area contributed by atoms with Gasteiger partial charge in [-0.25, -0.2) is 4.99 Å². The van der Waals surface area contributed by atoms with E-state index in [1.54, 1.807) is 6.08 Å². The minimum atomic E-state index is -0.633. The predicted octanol–water partition coefficient (Wildman–Crippen LogP) is 5.03. The molecule has 4 heterocycles. The molecule has 9 heteroatoms. The van der Waals surface area contributed by atoms with E-state index in [-0.39, 0.29) is 36.1 Å². The molecular formula is C33H45N5O4. The summed E-state index contributed by atoms with van der Waals surface area (Å²) in [5.74, 6) is -0.896. The van der Waals surface area contributed by atoms with Crippen LogP contribution in [0.2, 0.25) is 0 Å². The van der Waals surface area contributed by atoms with Crippen molar-refractivity contribution in [2.75, 3.05) is 13.1 Å². The predicted molar refractivity (Wildman–Crippen MR) is 163 cm³/mol. The first-order valence-electron chi connectivity index (χ1n) is 15.1. The number of carbonyl (C=O) groups is 1. The van der Waals surface area contributed by atoms with Gasteiger partial charge in [0.05, 0.1) is 17.7 Å². The Morgan fingerprint density at radius 3 is 2.50 bits per heavy atom. The highest BCUT2D eigenvalue weighted by atomic mass is 16.8. The standard InChI is InChI=1S/C33H45N5O4/c1-21(37-29(39)26-20-35-19-24(18-34)38-26)8-9-25(36-15-12-22-10-13-30(2,3)14-11-22)23-16-32(6)27-28(33(7,17-23)42-32)41-31(4,5)40-27/h8-10,19,23,27-28,35H,1,11-17,20H2,2-7H3,(H,37,39)/b9-8-,36-25+/t23-,27-,28+,32+,33-. The molecule has 0 spiro atoms. The summed E-state index contributed by atoms with van der Waals surface area (Å²) in [6.45, 7) is 17.8. The number of aliphatic imine (C=N–C) groups is 2. The van der Waals surface area contributed by atoms with Crippen LogP contribution < -0.4 is 10.6 Å². The number of allylic oxidation sites excluding steroid dienone is 4. The second kappa shape index (κ2) is 11.2. The number of fused-ring (bicyclic) bond motifs is 5. The Kier molecular flexibility index (Phi) is 8.12. The smallest absolute Gasteiger partial charge is 0.271 e. The summed E-state index contributed by atoms with van der Waals surface area (Å²) in [6.07, 6.45) is 13.3. The molecule has 4 aliphatic heterocycles. The minimum Gasteiger partial charge on any atom is -0.383 e. The summed E-state index contributed by atoms with van der Waals surface area (Å²) in [4.78, 5) is 22.0. The number of carbonyl (C=O) groups excluding carboxylic acids is 1. The van der Waals surface area contributed by atoms with Crippen molar-refractivity contribution in [1.29, 1.82) is 5.26 Å². The van der Waals surface area contributed by atoms with Gasteiger partial charge < -0.3 is 24.8 Å². The zero-order valence-electron chi connectivity index (χ0n) is 25.9. The second-order valence-corrected chi connectivity index (χ2v) is 14.0. The SMILES string of the molecule is C=C(/C=C\C(=N/CCC1=CCC(C)(C)CC1)[C@H]1C[C@@]2(C)O[C@@](C)(C1)[C@@H]1OC(C)(C)O[C@@H]12)NC(=O)C1=NC(C#N)=CNC1. The van der Waals surface area contributed by atoms with Crippen LogP contribution in [0, 0.1) is 22.7 Å². The number of hydrogen-bond donors (Lipinski definition) is 2. The molecule has 2 N–H and O–H groups in total. The van der Waals surface area contributed by atoms with Gasteiger partial charge in [0.15, 0.2) is 11.5 Å². The molecule has 2 bridgehead atoms. The lowest BCUT2D eigenvalue weighted by atomic mass is 9.78. The fourth-order valence-corrected chi connectivity index (χ4v) is 6.97. The zero-order valence-corrected chi connectivity index (χ0v) is 25.9. The van der Waals surface area contributed by atoms with Gasteiger partial charge in [-0.2, -0.15) is 5.26 Å². The Morgan fingerprint density at radius 2 is 1.88 bits per heavy atom. The maximum absolute atomic E-state index is 12.8. The highest BCUT2D eigenvalue weighted by Gasteiger charge is 2.68. The Hall–Kier alpha value is -3.06. The van der Waals surface area contributed by atoms with Crippen molar-refractivity contribution in [2.45, 2.75) is 109 Å². The van der Waals surface area contributed by atoms with Gasteiger partial charge in [-0.3, -0.25) is 9.79 Å². The third kappa shape index (κ3) is 6.46. The number of nitrogens with one attached hydrogen (secondary N) is 2. The van der Waals surface area contributed by atoms with Crippen LogP contribution in [-0.2, 0) is 19.0 Å². The lowest BCUT2D eigenvalue weighted by molar-refractivity contribution is -0.243. The molecule has 9 nitrogen and oxygen atoms in total. The first kappa shape index (κ1) is 30.4. The number of amides is 1. The molecule has 3 saturated heterocycles. The summed E-state index contributed by atoms with van der Waals surface area (Å²) < 4.78 is 19.4. The molecule has 1 amide bonds. The van der Waals surface area contributed by atoms with Gasteiger partial charge >= 0.3 is 0 Å². The number of nitriles is 1. The zero-order chi connectivity index (χ0) is 30.3. The molecule has 0 aromatic rings. The summed E-state index contributed by atoms with van der Waals surface area (Å²) >= 11 is 0. The van der Waals surface area contributed by atoms with E-state index in [9.17, 15) is 4.79 Å². The molecule has 3 fully saturated rings. The Bertz CT molecular complexity index is 1300. The van der Waals surface area contributed by atoms with Crippen molar-refractivity contribution in [3.05, 3.63) is 48.0 Å². The number of rotatable bonds is 8. The van der Waals surface area contributed by atoms with Crippen LogP contribution in [-0.4, -0.2) is 59.6 Å². The molecule has 5 atom stereocenters. The molecule has 5 aliphatic rings. The molecule has 5 rings (SSSR count). The van der Waals surface area contributed by atoms with E-state index >= 15 is 0 Å². The van der Waals surface area contributed by atoms with Crippen LogP contribution in [0.4, 0.5) is 0 Å². The van der Waals surface area contributed by atoms with Gasteiger partial charge in [-0.05, 0) is 83.8 Å². The van der Waals surface area contributed by atoms with Crippen LogP contribution in [0.15, 0.2) is 58.0 Å². The van der Waals surface area contributed by atoms with E-state index in [2.05, 4.69) is 56.0 Å². The average molecular weight is 576 g/mol. The van der Waals surface area contributed by atoms with E-state index in [4.69, 9.17) is 24.5 Å². The fraction of sp³-hybridized carbons (Fsp3) is 0.636.